The second-order valence-electron chi connectivity index (χ2n) is 32.8. The molecule has 1 N–H and O–H groups in total. The number of nitrogens with zero attached hydrogens (tertiary/aromatic N) is 1. The predicted octanol–water partition coefficient (Wildman–Crippen LogP) is 29.8. The average molecular weight is 1460 g/mol. The van der Waals surface area contributed by atoms with E-state index in [4.69, 9.17) is 11.6 Å². The number of thiophene rings is 2. The summed E-state index contributed by atoms with van der Waals surface area (Å²) in [6.45, 7) is 0. The first-order valence-electron chi connectivity index (χ1n) is 39.9. The minimum atomic E-state index is 0.179. The molecule has 528 valence electrons. The number of nitrogens with one attached hydrogen (secondary N) is 1. The maximum atomic E-state index is 6.20. The fourth-order valence-corrected chi connectivity index (χ4v) is 25.9. The number of para-hydroxylation sites is 2. The summed E-state index contributed by atoms with van der Waals surface area (Å²) in [5.41, 5.74) is 28.8. The Labute approximate surface area is 652 Å². The lowest BCUT2D eigenvalue weighted by Gasteiger charge is -2.61. The van der Waals surface area contributed by atoms with Gasteiger partial charge in [0.1, 0.15) is 0 Å². The Morgan fingerprint density at radius 1 is 0.284 bits per heavy atom. The Morgan fingerprint density at radius 2 is 0.670 bits per heavy atom. The molecule has 26 rings (SSSR count). The van der Waals surface area contributed by atoms with Crippen LogP contribution >= 0.6 is 34.3 Å². The molecule has 2 aromatic heterocycles. The largest absolute Gasteiger partial charge is 0.355 e. The number of hydrogen-bond acceptors (Lipinski definition) is 4. The van der Waals surface area contributed by atoms with Crippen LogP contribution in [0.5, 0.6) is 0 Å². The first-order valence-corrected chi connectivity index (χ1v) is 41.9. The first-order chi connectivity index (χ1) is 53.9. The van der Waals surface area contributed by atoms with Gasteiger partial charge in [0.25, 0.3) is 0 Å². The molecule has 10 aliphatic carbocycles. The van der Waals surface area contributed by atoms with E-state index in [1.165, 1.54) is 183 Å². The van der Waals surface area contributed by atoms with Crippen molar-refractivity contribution in [3.63, 3.8) is 0 Å². The molecule has 8 bridgehead atoms. The third-order valence-corrected chi connectivity index (χ3v) is 29.8. The van der Waals surface area contributed by atoms with E-state index in [0.29, 0.717) is 0 Å². The quantitative estimate of drug-likeness (QED) is 0.155. The molecule has 0 aliphatic heterocycles. The molecular formula is C104H83ClN2S2. The van der Waals surface area contributed by atoms with Crippen LogP contribution in [0.2, 0.25) is 5.02 Å². The zero-order valence-electron chi connectivity index (χ0n) is 61.0. The lowest BCUT2D eigenvalue weighted by molar-refractivity contribution is -0.0399. The van der Waals surface area contributed by atoms with Gasteiger partial charge in [-0.3, -0.25) is 0 Å². The molecule has 0 saturated heterocycles. The Kier molecular flexibility index (Phi) is 15.8. The Balaban J connectivity index is 0.000000112. The van der Waals surface area contributed by atoms with Crippen molar-refractivity contribution in [2.75, 3.05) is 10.2 Å². The van der Waals surface area contributed by atoms with Crippen LogP contribution in [0.1, 0.15) is 86.5 Å². The molecule has 14 aromatic carbocycles. The van der Waals surface area contributed by atoms with Crippen molar-refractivity contribution in [1.29, 1.82) is 0 Å². The summed E-state index contributed by atoms with van der Waals surface area (Å²) in [4.78, 5) is 2.46. The number of benzene rings is 14. The minimum Gasteiger partial charge on any atom is -0.355 e. The molecule has 0 radical (unpaired) electrons. The van der Waals surface area contributed by atoms with E-state index >= 15 is 0 Å². The number of hydrogen-bond donors (Lipinski definition) is 1. The Morgan fingerprint density at radius 3 is 1.21 bits per heavy atom. The summed E-state index contributed by atoms with van der Waals surface area (Å²) >= 11 is 9.92. The maximum absolute atomic E-state index is 6.20. The van der Waals surface area contributed by atoms with Crippen molar-refractivity contribution in [1.82, 2.24) is 0 Å². The highest BCUT2D eigenvalue weighted by Crippen LogP contribution is 2.72. The number of anilines is 5. The van der Waals surface area contributed by atoms with E-state index in [-0.39, 0.29) is 10.8 Å². The lowest BCUT2D eigenvalue weighted by Crippen LogP contribution is -2.55. The van der Waals surface area contributed by atoms with Gasteiger partial charge in [0, 0.05) is 90.1 Å². The molecule has 2 nitrogen and oxygen atoms in total. The van der Waals surface area contributed by atoms with Gasteiger partial charge in [-0.1, -0.05) is 266 Å². The number of rotatable bonds is 9. The highest BCUT2D eigenvalue weighted by molar-refractivity contribution is 7.26. The van der Waals surface area contributed by atoms with Crippen LogP contribution in [-0.2, 0) is 10.8 Å². The average Bonchev–Trinajstić information content (AvgIpc) is 1.54. The molecule has 8 saturated carbocycles. The van der Waals surface area contributed by atoms with Gasteiger partial charge in [-0.25, -0.2) is 0 Å². The van der Waals surface area contributed by atoms with Crippen molar-refractivity contribution < 1.29 is 0 Å². The molecule has 0 amide bonds. The van der Waals surface area contributed by atoms with E-state index in [9.17, 15) is 0 Å². The van der Waals surface area contributed by atoms with Crippen molar-refractivity contribution in [3.05, 3.63) is 355 Å². The zero-order chi connectivity index (χ0) is 71.9. The van der Waals surface area contributed by atoms with E-state index in [1.54, 1.807) is 22.3 Å². The van der Waals surface area contributed by atoms with Gasteiger partial charge in [0.15, 0.2) is 0 Å². The summed E-state index contributed by atoms with van der Waals surface area (Å²) in [5, 5.41) is 9.73. The van der Waals surface area contributed by atoms with Gasteiger partial charge in [-0.05, 0) is 262 Å². The zero-order valence-corrected chi connectivity index (χ0v) is 63.4. The molecule has 0 unspecified atom stereocenters. The molecular weight excluding hydrogens is 1380 g/mol. The summed E-state index contributed by atoms with van der Waals surface area (Å²) in [6, 6.07) is 121. The standard InChI is InChI=1S/C52H41NS.C28H25Cl.C24H17NS/c1-2-11-35(12-3-1)41-13-5-8-19-48(41)53(40-25-26-44-43-14-6-9-20-49(43)54-50(44)32-40)39-23-21-36(22-24-39)42-16-10-18-47-51(42)45-15-4-7-17-46(45)52(47)37-28-33-27-34(30-37)31-38(52)29-33;29-22-10-8-19(9-11-22)23-5-3-7-26-27(23)24-4-1-2-6-25(24)28(26)20-13-17-12-18(15-20)16-21(28)14-17;1-2-8-17(9-3-1)19-10-4-6-12-22(19)25-18-14-15-21-20-11-5-7-13-23(20)26-24(21)16-18/h1-26,32-34,37-38H,27-31H2;1-11,17-18,20-21H,12-16H2;1-16,25H. The van der Waals surface area contributed by atoms with Crippen LogP contribution in [0, 0.1) is 47.3 Å². The van der Waals surface area contributed by atoms with Crippen molar-refractivity contribution >= 4 is 103 Å². The van der Waals surface area contributed by atoms with E-state index in [1.807, 2.05) is 34.8 Å². The third-order valence-electron chi connectivity index (χ3n) is 27.3. The van der Waals surface area contributed by atoms with E-state index < -0.39 is 0 Å². The van der Waals surface area contributed by atoms with E-state index in [2.05, 4.69) is 326 Å². The van der Waals surface area contributed by atoms with Gasteiger partial charge in [-0.15, -0.1) is 22.7 Å². The van der Waals surface area contributed by atoms with Crippen molar-refractivity contribution in [3.8, 4) is 66.8 Å². The number of halogens is 1. The Bertz CT molecular complexity index is 6150. The van der Waals surface area contributed by atoms with Crippen LogP contribution in [0.3, 0.4) is 0 Å². The van der Waals surface area contributed by atoms with Gasteiger partial charge < -0.3 is 10.2 Å². The van der Waals surface area contributed by atoms with Crippen LogP contribution in [0.15, 0.2) is 328 Å². The molecule has 10 aliphatic rings. The lowest BCUT2D eigenvalue weighted by atomic mass is 9.43. The molecule has 0 atom stereocenters. The third kappa shape index (κ3) is 10.6. The highest BCUT2D eigenvalue weighted by Gasteiger charge is 2.63. The first kappa shape index (κ1) is 65.5. The molecule has 2 spiro atoms. The normalized spacial score (nSPS) is 23.0. The van der Waals surface area contributed by atoms with Gasteiger partial charge in [0.05, 0.1) is 5.69 Å². The van der Waals surface area contributed by atoms with E-state index in [0.717, 1.165) is 69.4 Å². The van der Waals surface area contributed by atoms with Gasteiger partial charge in [0.2, 0.25) is 0 Å². The fraction of sp³-hybridized carbons (Fsp3) is 0.192. The predicted molar refractivity (Wildman–Crippen MR) is 463 cm³/mol. The second kappa shape index (κ2) is 26.3. The smallest absolute Gasteiger partial charge is 0.0540 e. The maximum Gasteiger partial charge on any atom is 0.0540 e. The number of fused-ring (bicyclic) bond motifs is 12. The summed E-state index contributed by atoms with van der Waals surface area (Å²) in [5.74, 6) is 7.04. The van der Waals surface area contributed by atoms with Crippen molar-refractivity contribution in [2.24, 2.45) is 47.3 Å². The fourth-order valence-electron chi connectivity index (χ4n) is 23.5. The molecule has 5 heteroatoms. The molecule has 109 heavy (non-hydrogen) atoms. The second-order valence-corrected chi connectivity index (χ2v) is 35.4. The summed E-state index contributed by atoms with van der Waals surface area (Å²) < 4.78 is 5.29. The minimum absolute atomic E-state index is 0.179. The highest BCUT2D eigenvalue weighted by atomic mass is 35.5. The van der Waals surface area contributed by atoms with Gasteiger partial charge in [-0.2, -0.15) is 0 Å². The van der Waals surface area contributed by atoms with Crippen LogP contribution in [-0.4, -0.2) is 0 Å². The summed E-state index contributed by atoms with van der Waals surface area (Å²) in [7, 11) is 0. The van der Waals surface area contributed by atoms with Crippen LogP contribution in [0.4, 0.5) is 28.4 Å². The van der Waals surface area contributed by atoms with Crippen LogP contribution < -0.4 is 10.2 Å². The molecule has 16 aromatic rings. The SMILES string of the molecule is Clc1ccc(-c2cccc3c2-c2ccccc2C32C3CC4CC(C3)CC2C4)cc1.c1ccc(-c2ccccc2N(c2ccc(-c3cccc4c3-c3ccccc3C43C4CC5CC(C4)CC3C5)cc2)c2ccc3c(c2)sc2ccccc23)cc1.c1ccc(-c2ccccc2Nc2ccc3c(c2)sc2ccccc23)cc1. The van der Waals surface area contributed by atoms with Gasteiger partial charge >= 0.3 is 0 Å². The molecule has 2 heterocycles. The summed E-state index contributed by atoms with van der Waals surface area (Å²) in [6.07, 6.45) is 14.4. The Hall–Kier alpha value is -10.6. The molecule has 8 fully saturated rings. The monoisotopic (exact) mass is 1460 g/mol. The van der Waals surface area contributed by atoms with Crippen LogP contribution in [0.25, 0.3) is 107 Å². The topological polar surface area (TPSA) is 15.3 Å². The van der Waals surface area contributed by atoms with Crippen molar-refractivity contribution in [2.45, 2.75) is 75.0 Å².